The highest BCUT2D eigenvalue weighted by atomic mass is 32.2. The van der Waals surface area contributed by atoms with Crippen LogP contribution in [0.2, 0.25) is 0 Å². The number of pyridine rings is 1. The largest absolute Gasteiger partial charge is 0.480 e. The molecule has 350 valence electrons. The maximum atomic E-state index is 12.6. The molecule has 0 aliphatic heterocycles. The lowest BCUT2D eigenvalue weighted by molar-refractivity contribution is -0.136. The average molecular weight is 1020 g/mol. The summed E-state index contributed by atoms with van der Waals surface area (Å²) in [6.45, 7) is -0.228. The molecule has 25 nitrogen and oxygen atoms in total. The number of nitrogens with zero attached hydrogens (tertiary/aromatic N) is 7. The van der Waals surface area contributed by atoms with Crippen molar-refractivity contribution in [3.05, 3.63) is 102 Å². The molecule has 1 atom stereocenters. The molecule has 68 heavy (non-hydrogen) atoms. The van der Waals surface area contributed by atoms with Crippen LogP contribution >= 0.6 is 11.3 Å². The van der Waals surface area contributed by atoms with Crippen LogP contribution < -0.4 is 24.3 Å². The quantitative estimate of drug-likeness (QED) is 0.0256. The number of carboxylic acids is 2. The van der Waals surface area contributed by atoms with Crippen molar-refractivity contribution in [1.82, 2.24) is 14.4 Å². The fourth-order valence-electron chi connectivity index (χ4n) is 5.80. The van der Waals surface area contributed by atoms with Crippen molar-refractivity contribution in [2.45, 2.75) is 21.6 Å². The summed E-state index contributed by atoms with van der Waals surface area (Å²) in [5, 5.41) is 61.2. The van der Waals surface area contributed by atoms with E-state index in [1.807, 2.05) is 21.6 Å². The monoisotopic (exact) mass is 1020 g/mol. The van der Waals surface area contributed by atoms with Gasteiger partial charge in [0, 0.05) is 28.4 Å². The number of aromatic nitrogens is 1. The molecule has 30 heteroatoms. The van der Waals surface area contributed by atoms with E-state index < -0.39 is 71.4 Å². The van der Waals surface area contributed by atoms with E-state index in [1.54, 1.807) is 0 Å². The van der Waals surface area contributed by atoms with E-state index in [0.29, 0.717) is 0 Å². The van der Waals surface area contributed by atoms with Crippen LogP contribution in [0.15, 0.2) is 120 Å². The zero-order chi connectivity index (χ0) is 49.6. The molecule has 0 radical (unpaired) electrons. The maximum absolute atomic E-state index is 12.6. The minimum absolute atomic E-state index is 0.0129. The molecule has 4 aromatic carbocycles. The van der Waals surface area contributed by atoms with Gasteiger partial charge in [-0.05, 0) is 85.1 Å². The number of aliphatic carboxylic acids is 2. The van der Waals surface area contributed by atoms with Crippen molar-refractivity contribution in [2.24, 2.45) is 20.5 Å². The molecule has 0 bridgehead atoms. The number of sulfonamides is 2. The fraction of sp³-hybridized carbons (Fsp3) is 0.0789. The number of rotatable bonds is 19. The number of nitrogens with one attached hydrogen (secondary N) is 4. The number of hydrogen-bond acceptors (Lipinski definition) is 20. The van der Waals surface area contributed by atoms with Crippen molar-refractivity contribution in [2.75, 3.05) is 23.7 Å². The van der Waals surface area contributed by atoms with E-state index >= 15 is 0 Å². The number of hydrogen-bond donors (Lipinski definition) is 8. The summed E-state index contributed by atoms with van der Waals surface area (Å²) in [6, 6.07) is 21.5. The summed E-state index contributed by atoms with van der Waals surface area (Å²) < 4.78 is 113. The van der Waals surface area contributed by atoms with Gasteiger partial charge in [0.25, 0.3) is 10.1 Å². The molecular formula is C38H29N11O14S5. The van der Waals surface area contributed by atoms with Gasteiger partial charge in [0.05, 0.1) is 26.6 Å². The van der Waals surface area contributed by atoms with Crippen LogP contribution in [0.25, 0.3) is 10.8 Å². The Kier molecular flexibility index (Phi) is 15.0. The Morgan fingerprint density at radius 2 is 1.34 bits per heavy atom. The highest BCUT2D eigenvalue weighted by molar-refractivity contribution is 7.89. The van der Waals surface area contributed by atoms with Gasteiger partial charge in [-0.15, -0.1) is 20.5 Å². The molecule has 0 fully saturated rings. The number of thiophene rings is 1. The highest BCUT2D eigenvalue weighted by Gasteiger charge is 2.22. The predicted octanol–water partition coefficient (Wildman–Crippen LogP) is 6.15. The molecule has 0 aliphatic rings. The fourth-order valence-corrected chi connectivity index (χ4v) is 9.49. The molecule has 0 amide bonds. The lowest BCUT2D eigenvalue weighted by atomic mass is 10.1. The standard InChI is InChI=1S/C38H29N11O14S5/c1-20-30(17-40)36(43-23-2-7-27(8-3-23)66(56,57)41-18-33(50)51)45-37(44-24-4-9-28(10-5-24)67(58,59)42-19-34(52)53)35(20)48-49-38-22(16-39)14-32(64-38)47-46-25-6-11-29-21(12-25)13-26(63-65(54)55)15-31(29)68(60,61)62/h2-15,41-42H,18-19H2,1H3,(H,50,51)(H,52,53)(H,54,55)(H2,43,44,45)(H,60,61,62). The molecule has 0 aliphatic carbocycles. The molecule has 2 heterocycles. The first-order valence-corrected chi connectivity index (χ1v) is 24.7. The van der Waals surface area contributed by atoms with E-state index in [4.69, 9.17) is 18.9 Å². The van der Waals surface area contributed by atoms with E-state index in [1.165, 1.54) is 85.8 Å². The summed E-state index contributed by atoms with van der Waals surface area (Å²) in [6.07, 6.45) is 0. The summed E-state index contributed by atoms with van der Waals surface area (Å²) in [4.78, 5) is 25.3. The zero-order valence-corrected chi connectivity index (χ0v) is 38.1. The van der Waals surface area contributed by atoms with Crippen LogP contribution in [0, 0.1) is 29.6 Å². The van der Waals surface area contributed by atoms with Gasteiger partial charge in [0.15, 0.2) is 16.6 Å². The van der Waals surface area contributed by atoms with Crippen LogP contribution in [0.3, 0.4) is 0 Å². The summed E-state index contributed by atoms with van der Waals surface area (Å²) in [7, 11) is -13.2. The number of benzene rings is 4. The number of carbonyl (C=O) groups is 2. The normalized spacial score (nSPS) is 12.4. The zero-order valence-electron chi connectivity index (χ0n) is 34.0. The van der Waals surface area contributed by atoms with Crippen LogP contribution in [0.1, 0.15) is 16.7 Å². The van der Waals surface area contributed by atoms with Crippen LogP contribution in [0.4, 0.5) is 44.4 Å². The van der Waals surface area contributed by atoms with E-state index in [2.05, 4.69) is 36.1 Å². The summed E-state index contributed by atoms with van der Waals surface area (Å²) >= 11 is -1.97. The molecule has 8 N–H and O–H groups in total. The molecule has 1 unspecified atom stereocenters. The van der Waals surface area contributed by atoms with E-state index in [9.17, 15) is 54.1 Å². The first kappa shape index (κ1) is 49.8. The molecule has 0 saturated carbocycles. The van der Waals surface area contributed by atoms with Gasteiger partial charge in [-0.1, -0.05) is 17.4 Å². The molecule has 0 spiro atoms. The predicted molar refractivity (Wildman–Crippen MR) is 241 cm³/mol. The SMILES string of the molecule is Cc1c(C#N)c(Nc2ccc(S(=O)(=O)NCC(=O)O)cc2)nc(Nc2ccc(S(=O)(=O)NCC(=O)O)cc2)c1N=Nc1sc(N=Nc2ccc3c(S(=O)(=O)O)cc(OS(=O)O)cc3c2)cc1C#N. The molecule has 2 aromatic heterocycles. The Hall–Kier alpha value is -7.65. The Morgan fingerprint density at radius 1 is 0.765 bits per heavy atom. The Morgan fingerprint density at radius 3 is 1.85 bits per heavy atom. The first-order chi connectivity index (χ1) is 32.1. The lowest BCUT2D eigenvalue weighted by Crippen LogP contribution is -2.29. The third kappa shape index (κ3) is 12.2. The molecule has 0 saturated heterocycles. The Bertz CT molecular complexity index is 3520. The van der Waals surface area contributed by atoms with Gasteiger partial charge >= 0.3 is 23.3 Å². The van der Waals surface area contributed by atoms with Gasteiger partial charge in [-0.3, -0.25) is 18.7 Å². The Balaban J connectivity index is 1.36. The van der Waals surface area contributed by atoms with Crippen molar-refractivity contribution < 1.29 is 62.6 Å². The van der Waals surface area contributed by atoms with Crippen molar-refractivity contribution in [3.8, 4) is 17.9 Å². The second kappa shape index (κ2) is 20.5. The highest BCUT2D eigenvalue weighted by Crippen LogP contribution is 2.41. The number of fused-ring (bicyclic) bond motifs is 1. The third-order valence-corrected chi connectivity index (χ3v) is 13.8. The van der Waals surface area contributed by atoms with Crippen LogP contribution in [-0.2, 0) is 51.1 Å². The smallest absolute Gasteiger partial charge is 0.357 e. The van der Waals surface area contributed by atoms with Gasteiger partial charge in [0.1, 0.15) is 46.6 Å². The topological polar surface area (TPSA) is 402 Å². The van der Waals surface area contributed by atoms with Crippen LogP contribution in [0.5, 0.6) is 5.75 Å². The van der Waals surface area contributed by atoms with E-state index in [0.717, 1.165) is 17.4 Å². The third-order valence-electron chi connectivity index (χ3n) is 8.85. The van der Waals surface area contributed by atoms with Gasteiger partial charge in [0.2, 0.25) is 20.0 Å². The van der Waals surface area contributed by atoms with Gasteiger partial charge in [-0.2, -0.15) is 32.6 Å². The summed E-state index contributed by atoms with van der Waals surface area (Å²) in [5.74, 6) is -3.31. The molecule has 6 aromatic rings. The number of anilines is 4. The van der Waals surface area contributed by atoms with Gasteiger partial charge in [-0.25, -0.2) is 21.8 Å². The van der Waals surface area contributed by atoms with Crippen molar-refractivity contribution in [3.63, 3.8) is 0 Å². The minimum Gasteiger partial charge on any atom is -0.480 e. The lowest BCUT2D eigenvalue weighted by Gasteiger charge is -2.16. The van der Waals surface area contributed by atoms with Crippen molar-refractivity contribution in [1.29, 1.82) is 10.5 Å². The maximum Gasteiger partial charge on any atom is 0.357 e. The minimum atomic E-state index is -4.81. The average Bonchev–Trinajstić information content (AvgIpc) is 3.68. The number of azo groups is 2. The second-order valence-electron chi connectivity index (χ2n) is 13.4. The Labute approximate surface area is 390 Å². The van der Waals surface area contributed by atoms with Crippen molar-refractivity contribution >= 4 is 120 Å². The summed E-state index contributed by atoms with van der Waals surface area (Å²) in [5.41, 5.74) is 0.633. The molecular weight excluding hydrogens is 995 g/mol. The first-order valence-electron chi connectivity index (χ1n) is 18.4. The second-order valence-corrected chi connectivity index (χ2v) is 20.0. The molecule has 6 rings (SSSR count). The van der Waals surface area contributed by atoms with Gasteiger partial charge < -0.3 is 25.0 Å². The van der Waals surface area contributed by atoms with E-state index in [-0.39, 0.29) is 87.4 Å². The number of carboxylic acid groups (broad SMARTS) is 2. The number of nitriles is 2. The van der Waals surface area contributed by atoms with Crippen LogP contribution in [-0.4, -0.2) is 78.8 Å².